The standard InChI is InChI=1S/C23H24F3N3O2/c1-15-5-3-4-6-17(15)11-28-22(30)20-13-29(12-18(20)14-31-2)19-8-7-16(10-27)21(9-19)23(24,25)26/h3-9,18,20H,11-14H2,1-2H3,(H,28,30)/t18-,20+/m1/s1. The Bertz CT molecular complexity index is 985. The molecule has 5 nitrogen and oxygen atoms in total. The van der Waals surface area contributed by atoms with Crippen molar-refractivity contribution in [3.05, 3.63) is 64.7 Å². The SMILES string of the molecule is COC[C@H]1CN(c2ccc(C#N)c(C(F)(F)F)c2)C[C@@H]1C(=O)NCc1ccccc1C. The number of alkyl halides is 3. The number of amides is 1. The highest BCUT2D eigenvalue weighted by atomic mass is 19.4. The fourth-order valence-electron chi connectivity index (χ4n) is 3.94. The minimum Gasteiger partial charge on any atom is -0.384 e. The van der Waals surface area contributed by atoms with Crippen molar-refractivity contribution >= 4 is 11.6 Å². The van der Waals surface area contributed by atoms with Crippen LogP contribution in [0.2, 0.25) is 0 Å². The molecule has 1 aliphatic rings. The molecular weight excluding hydrogens is 407 g/mol. The number of hydrogen-bond acceptors (Lipinski definition) is 4. The highest BCUT2D eigenvalue weighted by molar-refractivity contribution is 5.80. The molecule has 164 valence electrons. The molecule has 1 aliphatic heterocycles. The van der Waals surface area contributed by atoms with E-state index in [4.69, 9.17) is 10.00 Å². The van der Waals surface area contributed by atoms with Gasteiger partial charge in [-0.2, -0.15) is 18.4 Å². The highest BCUT2D eigenvalue weighted by Gasteiger charge is 2.39. The molecule has 31 heavy (non-hydrogen) atoms. The second-order valence-electron chi connectivity index (χ2n) is 7.71. The van der Waals surface area contributed by atoms with Crippen molar-refractivity contribution < 1.29 is 22.7 Å². The number of anilines is 1. The monoisotopic (exact) mass is 431 g/mol. The Kier molecular flexibility index (Phi) is 6.86. The number of benzene rings is 2. The molecule has 3 rings (SSSR count). The Morgan fingerprint density at radius 2 is 2.00 bits per heavy atom. The summed E-state index contributed by atoms with van der Waals surface area (Å²) in [5.41, 5.74) is 1.03. The molecule has 2 aromatic carbocycles. The van der Waals surface area contributed by atoms with Crippen LogP contribution in [-0.2, 0) is 22.3 Å². The third-order valence-electron chi connectivity index (χ3n) is 5.67. The summed E-state index contributed by atoms with van der Waals surface area (Å²) in [6.45, 7) is 3.34. The lowest BCUT2D eigenvalue weighted by molar-refractivity contribution is -0.137. The number of carbonyl (C=O) groups is 1. The molecule has 0 spiro atoms. The van der Waals surface area contributed by atoms with Gasteiger partial charge in [0.05, 0.1) is 29.7 Å². The molecule has 1 heterocycles. The van der Waals surface area contributed by atoms with Crippen molar-refractivity contribution in [3.63, 3.8) is 0 Å². The van der Waals surface area contributed by atoms with Gasteiger partial charge < -0.3 is 15.0 Å². The molecule has 0 bridgehead atoms. The van der Waals surface area contributed by atoms with Crippen LogP contribution in [0.4, 0.5) is 18.9 Å². The zero-order valence-corrected chi connectivity index (χ0v) is 17.4. The van der Waals surface area contributed by atoms with Crippen LogP contribution in [0.5, 0.6) is 0 Å². The lowest BCUT2D eigenvalue weighted by Crippen LogP contribution is -2.36. The van der Waals surface area contributed by atoms with Gasteiger partial charge in [0.15, 0.2) is 0 Å². The first kappa shape index (κ1) is 22.6. The number of rotatable bonds is 6. The average molecular weight is 431 g/mol. The predicted molar refractivity (Wildman–Crippen MR) is 110 cm³/mol. The Balaban J connectivity index is 1.77. The Hall–Kier alpha value is -3.05. The molecule has 0 aliphatic carbocycles. The zero-order valence-electron chi connectivity index (χ0n) is 17.4. The average Bonchev–Trinajstić information content (AvgIpc) is 3.16. The lowest BCUT2D eigenvalue weighted by atomic mass is 9.96. The number of nitriles is 1. The third kappa shape index (κ3) is 5.17. The molecule has 0 saturated carbocycles. The van der Waals surface area contributed by atoms with Gasteiger partial charge in [0.25, 0.3) is 0 Å². The molecule has 2 atom stereocenters. The van der Waals surface area contributed by atoms with Crippen LogP contribution >= 0.6 is 0 Å². The van der Waals surface area contributed by atoms with E-state index in [2.05, 4.69) is 5.32 Å². The van der Waals surface area contributed by atoms with Crippen LogP contribution in [0.15, 0.2) is 42.5 Å². The van der Waals surface area contributed by atoms with Crippen molar-refractivity contribution in [2.75, 3.05) is 31.7 Å². The number of methoxy groups -OCH3 is 1. The maximum Gasteiger partial charge on any atom is 0.417 e. The highest BCUT2D eigenvalue weighted by Crippen LogP contribution is 2.36. The van der Waals surface area contributed by atoms with Crippen LogP contribution in [0, 0.1) is 30.1 Å². The molecule has 0 unspecified atom stereocenters. The molecule has 0 radical (unpaired) electrons. The first-order valence-electron chi connectivity index (χ1n) is 9.92. The van der Waals surface area contributed by atoms with E-state index in [9.17, 15) is 18.0 Å². The Morgan fingerprint density at radius 3 is 2.65 bits per heavy atom. The first-order valence-corrected chi connectivity index (χ1v) is 9.92. The third-order valence-corrected chi connectivity index (χ3v) is 5.67. The summed E-state index contributed by atoms with van der Waals surface area (Å²) in [6.07, 6.45) is -4.63. The Morgan fingerprint density at radius 1 is 1.26 bits per heavy atom. The van der Waals surface area contributed by atoms with Gasteiger partial charge in [-0.3, -0.25) is 4.79 Å². The summed E-state index contributed by atoms with van der Waals surface area (Å²) >= 11 is 0. The molecule has 8 heteroatoms. The minimum atomic E-state index is -4.63. The van der Waals surface area contributed by atoms with Gasteiger partial charge in [-0.1, -0.05) is 24.3 Å². The summed E-state index contributed by atoms with van der Waals surface area (Å²) in [5.74, 6) is -0.738. The molecule has 0 aromatic heterocycles. The number of nitrogens with one attached hydrogen (secondary N) is 1. The van der Waals surface area contributed by atoms with Gasteiger partial charge >= 0.3 is 6.18 Å². The lowest BCUT2D eigenvalue weighted by Gasteiger charge is -2.20. The minimum absolute atomic E-state index is 0.155. The van der Waals surface area contributed by atoms with Crippen molar-refractivity contribution in [1.29, 1.82) is 5.26 Å². The van der Waals surface area contributed by atoms with E-state index < -0.39 is 23.2 Å². The Labute approximate surface area is 179 Å². The van der Waals surface area contributed by atoms with Crippen LogP contribution in [0.3, 0.4) is 0 Å². The van der Waals surface area contributed by atoms with E-state index in [1.807, 2.05) is 31.2 Å². The van der Waals surface area contributed by atoms with E-state index in [-0.39, 0.29) is 18.4 Å². The fraction of sp³-hybridized carbons (Fsp3) is 0.391. The number of hydrogen-bond donors (Lipinski definition) is 1. The summed E-state index contributed by atoms with van der Waals surface area (Å²) in [6, 6.07) is 13.0. The van der Waals surface area contributed by atoms with Crippen molar-refractivity contribution in [3.8, 4) is 6.07 Å². The van der Waals surface area contributed by atoms with Crippen molar-refractivity contribution in [1.82, 2.24) is 5.32 Å². The predicted octanol–water partition coefficient (Wildman–Crippen LogP) is 3.90. The molecule has 1 fully saturated rings. The number of ether oxygens (including phenoxy) is 1. The van der Waals surface area contributed by atoms with Gasteiger partial charge in [0, 0.05) is 38.3 Å². The topological polar surface area (TPSA) is 65.4 Å². The van der Waals surface area contributed by atoms with Gasteiger partial charge in [-0.15, -0.1) is 0 Å². The summed E-state index contributed by atoms with van der Waals surface area (Å²) in [7, 11) is 1.54. The molecule has 1 N–H and O–H groups in total. The van der Waals surface area contributed by atoms with E-state index in [1.165, 1.54) is 19.2 Å². The van der Waals surface area contributed by atoms with Crippen LogP contribution in [-0.4, -0.2) is 32.7 Å². The molecule has 1 amide bonds. The second kappa shape index (κ2) is 9.40. The quantitative estimate of drug-likeness (QED) is 0.754. The fourth-order valence-corrected chi connectivity index (χ4v) is 3.94. The van der Waals surface area contributed by atoms with Gasteiger partial charge in [0.1, 0.15) is 0 Å². The largest absolute Gasteiger partial charge is 0.417 e. The number of halogens is 3. The van der Waals surface area contributed by atoms with Crippen molar-refractivity contribution in [2.45, 2.75) is 19.6 Å². The molecule has 2 aromatic rings. The van der Waals surface area contributed by atoms with E-state index >= 15 is 0 Å². The van der Waals surface area contributed by atoms with Crippen molar-refractivity contribution in [2.24, 2.45) is 11.8 Å². The smallest absolute Gasteiger partial charge is 0.384 e. The summed E-state index contributed by atoms with van der Waals surface area (Å²) in [5, 5.41) is 12.0. The number of aryl methyl sites for hydroxylation is 1. The maximum atomic E-state index is 13.3. The van der Waals surface area contributed by atoms with Crippen LogP contribution < -0.4 is 10.2 Å². The van der Waals surface area contributed by atoms with E-state index in [0.29, 0.717) is 25.4 Å². The number of nitrogens with zero attached hydrogens (tertiary/aromatic N) is 2. The number of carbonyl (C=O) groups excluding carboxylic acids is 1. The normalized spacial score (nSPS) is 18.6. The van der Waals surface area contributed by atoms with Crippen LogP contribution in [0.1, 0.15) is 22.3 Å². The van der Waals surface area contributed by atoms with E-state index in [0.717, 1.165) is 17.2 Å². The van der Waals surface area contributed by atoms with Gasteiger partial charge in [-0.25, -0.2) is 0 Å². The first-order chi connectivity index (χ1) is 14.7. The summed E-state index contributed by atoms with van der Waals surface area (Å²) < 4.78 is 45.3. The summed E-state index contributed by atoms with van der Waals surface area (Å²) in [4.78, 5) is 14.7. The maximum absolute atomic E-state index is 13.3. The van der Waals surface area contributed by atoms with E-state index in [1.54, 1.807) is 11.0 Å². The molecular formula is C23H24F3N3O2. The molecule has 1 saturated heterocycles. The van der Waals surface area contributed by atoms with Gasteiger partial charge in [0.2, 0.25) is 5.91 Å². The van der Waals surface area contributed by atoms with Crippen LogP contribution in [0.25, 0.3) is 0 Å². The zero-order chi connectivity index (χ0) is 22.6. The second-order valence-corrected chi connectivity index (χ2v) is 7.71. The van der Waals surface area contributed by atoms with Gasteiger partial charge in [-0.05, 0) is 36.2 Å².